The Labute approximate surface area is 216 Å². The maximum Gasteiger partial charge on any atom is 0.313 e. The van der Waals surface area contributed by atoms with Crippen molar-refractivity contribution in [3.63, 3.8) is 0 Å². The summed E-state index contributed by atoms with van der Waals surface area (Å²) in [6.45, 7) is 10.2. The molecule has 9 heteroatoms. The van der Waals surface area contributed by atoms with Gasteiger partial charge in [0.15, 0.2) is 0 Å². The van der Waals surface area contributed by atoms with E-state index in [9.17, 15) is 9.59 Å². The Kier molecular flexibility index (Phi) is 17.2. The highest BCUT2D eigenvalue weighted by Crippen LogP contribution is 2.22. The van der Waals surface area contributed by atoms with Gasteiger partial charge in [0, 0.05) is 25.8 Å². The molecule has 0 saturated heterocycles. The van der Waals surface area contributed by atoms with Gasteiger partial charge in [-0.25, -0.2) is 9.97 Å². The van der Waals surface area contributed by atoms with E-state index in [1.165, 1.54) is 39.2 Å². The zero-order chi connectivity index (χ0) is 25.9. The molecule has 0 aliphatic heterocycles. The predicted molar refractivity (Wildman–Crippen MR) is 143 cm³/mol. The largest absolute Gasteiger partial charge is 0.469 e. The van der Waals surface area contributed by atoms with Crippen LogP contribution in [0.3, 0.4) is 0 Å². The number of thioether (sulfide) groups is 1. The molecule has 1 heterocycles. The first-order chi connectivity index (χ1) is 16.9. The van der Waals surface area contributed by atoms with Crippen molar-refractivity contribution in [3.8, 4) is 0 Å². The van der Waals surface area contributed by atoms with Crippen molar-refractivity contribution in [3.05, 3.63) is 11.9 Å². The van der Waals surface area contributed by atoms with Crippen LogP contribution in [-0.2, 0) is 25.5 Å². The molecule has 0 aliphatic carbocycles. The molecule has 1 rings (SSSR count). The fourth-order valence-corrected chi connectivity index (χ4v) is 4.42. The molecule has 0 unspecified atom stereocenters. The minimum Gasteiger partial charge on any atom is -0.469 e. The third kappa shape index (κ3) is 15.0. The molecular weight excluding hydrogens is 464 g/mol. The topological polar surface area (TPSA) is 102 Å². The highest BCUT2D eigenvalue weighted by atomic mass is 32.2. The van der Waals surface area contributed by atoms with Crippen molar-refractivity contribution in [1.29, 1.82) is 0 Å². The first-order valence-corrected chi connectivity index (χ1v) is 14.1. The molecule has 0 saturated carbocycles. The number of esters is 1. The lowest BCUT2D eigenvalue weighted by atomic mass is 10.0. The van der Waals surface area contributed by atoms with Crippen LogP contribution in [0.25, 0.3) is 0 Å². The van der Waals surface area contributed by atoms with Crippen LogP contribution < -0.4 is 10.6 Å². The van der Waals surface area contributed by atoms with E-state index in [2.05, 4.69) is 41.4 Å². The quantitative estimate of drug-likeness (QED) is 0.109. The third-order valence-corrected chi connectivity index (χ3v) is 6.34. The predicted octanol–water partition coefficient (Wildman–Crippen LogP) is 5.01. The number of anilines is 1. The van der Waals surface area contributed by atoms with Crippen LogP contribution >= 0.6 is 11.8 Å². The highest BCUT2D eigenvalue weighted by molar-refractivity contribution is 7.99. The number of methoxy groups -OCH3 is 1. The van der Waals surface area contributed by atoms with Gasteiger partial charge in [0.1, 0.15) is 29.1 Å². The zero-order valence-electron chi connectivity index (χ0n) is 22.4. The van der Waals surface area contributed by atoms with Gasteiger partial charge in [-0.1, -0.05) is 52.9 Å². The number of rotatable bonds is 20. The summed E-state index contributed by atoms with van der Waals surface area (Å²) in [5.41, 5.74) is 0. The Balaban J connectivity index is 2.85. The number of nitrogens with one attached hydrogen (secondary N) is 2. The van der Waals surface area contributed by atoms with E-state index >= 15 is 0 Å². The lowest BCUT2D eigenvalue weighted by Gasteiger charge is -2.21. The highest BCUT2D eigenvalue weighted by Gasteiger charge is 2.21. The second kappa shape index (κ2) is 19.3. The number of nitrogens with zero attached hydrogens (tertiary/aromatic N) is 2. The molecule has 1 aromatic rings. The van der Waals surface area contributed by atoms with Crippen molar-refractivity contribution in [1.82, 2.24) is 15.3 Å². The van der Waals surface area contributed by atoms with Gasteiger partial charge in [-0.05, 0) is 37.9 Å². The van der Waals surface area contributed by atoms with Gasteiger partial charge in [0.25, 0.3) is 0 Å². The average Bonchev–Trinajstić information content (AvgIpc) is 2.82. The van der Waals surface area contributed by atoms with Crippen molar-refractivity contribution in [2.75, 3.05) is 37.9 Å². The molecular formula is C26H46N4O4S. The van der Waals surface area contributed by atoms with E-state index in [1.54, 1.807) is 11.8 Å². The number of hydrogen-bond donors (Lipinski definition) is 2. The molecule has 0 bridgehead atoms. The number of carbonyl (C=O) groups excluding carboxylic acids is 2. The Morgan fingerprint density at radius 1 is 1.06 bits per heavy atom. The fourth-order valence-electron chi connectivity index (χ4n) is 3.49. The number of hydrogen-bond acceptors (Lipinski definition) is 8. The first kappa shape index (κ1) is 31.2. The lowest BCUT2D eigenvalue weighted by molar-refractivity contribution is -0.139. The fraction of sp³-hybridized carbons (Fsp3) is 0.769. The molecule has 1 atom stereocenters. The zero-order valence-corrected chi connectivity index (χ0v) is 23.2. The molecule has 8 nitrogen and oxygen atoms in total. The third-order valence-electron chi connectivity index (χ3n) is 5.34. The average molecular weight is 511 g/mol. The molecule has 35 heavy (non-hydrogen) atoms. The maximum absolute atomic E-state index is 12.9. The van der Waals surface area contributed by atoms with Crippen LogP contribution in [0.15, 0.2) is 11.1 Å². The van der Waals surface area contributed by atoms with Crippen LogP contribution in [0.4, 0.5) is 5.82 Å². The SMILES string of the molecule is CCCCCCCCSc1cc(N[C@@H](CC(C)C)C(=O)NCCCOCC)nc(CC(=O)OC)n1. The van der Waals surface area contributed by atoms with Gasteiger partial charge in [0.2, 0.25) is 5.91 Å². The van der Waals surface area contributed by atoms with Crippen molar-refractivity contribution in [2.45, 2.75) is 96.6 Å². The number of carbonyl (C=O) groups is 2. The molecule has 2 N–H and O–H groups in total. The number of ether oxygens (including phenoxy) is 2. The van der Waals surface area contributed by atoms with E-state index in [1.807, 2.05) is 13.0 Å². The minimum atomic E-state index is -0.431. The van der Waals surface area contributed by atoms with Crippen LogP contribution in [0.2, 0.25) is 0 Å². The van der Waals surface area contributed by atoms with Gasteiger partial charge < -0.3 is 20.1 Å². The summed E-state index contributed by atoms with van der Waals surface area (Å²) in [4.78, 5) is 33.8. The molecule has 1 amide bonds. The molecule has 0 aromatic carbocycles. The summed E-state index contributed by atoms with van der Waals surface area (Å²) in [5.74, 6) is 1.77. The summed E-state index contributed by atoms with van der Waals surface area (Å²) >= 11 is 1.66. The number of aromatic nitrogens is 2. The van der Waals surface area contributed by atoms with Gasteiger partial charge in [-0.2, -0.15) is 0 Å². The Hall–Kier alpha value is -1.87. The van der Waals surface area contributed by atoms with Gasteiger partial charge >= 0.3 is 5.97 Å². The molecule has 200 valence electrons. The van der Waals surface area contributed by atoms with E-state index < -0.39 is 6.04 Å². The van der Waals surface area contributed by atoms with E-state index in [0.717, 1.165) is 23.6 Å². The first-order valence-electron chi connectivity index (χ1n) is 13.1. The molecule has 0 fully saturated rings. The van der Waals surface area contributed by atoms with Gasteiger partial charge in [-0.15, -0.1) is 11.8 Å². The summed E-state index contributed by atoms with van der Waals surface area (Å²) < 4.78 is 10.1. The number of unbranched alkanes of at least 4 members (excludes halogenated alkanes) is 5. The van der Waals surface area contributed by atoms with Crippen LogP contribution in [-0.4, -0.2) is 60.5 Å². The summed E-state index contributed by atoms with van der Waals surface area (Å²) in [6.07, 6.45) is 8.84. The Morgan fingerprint density at radius 3 is 2.49 bits per heavy atom. The monoisotopic (exact) mass is 510 g/mol. The van der Waals surface area contributed by atoms with Crippen molar-refractivity contribution >= 4 is 29.5 Å². The van der Waals surface area contributed by atoms with E-state index in [0.29, 0.717) is 43.7 Å². The molecule has 1 aromatic heterocycles. The summed E-state index contributed by atoms with van der Waals surface area (Å²) in [5, 5.41) is 7.10. The maximum atomic E-state index is 12.9. The summed E-state index contributed by atoms with van der Waals surface area (Å²) in [6, 6.07) is 1.44. The minimum absolute atomic E-state index is 0.00489. The van der Waals surface area contributed by atoms with Crippen molar-refractivity contribution < 1.29 is 19.1 Å². The molecule has 0 spiro atoms. The molecule has 0 radical (unpaired) electrons. The normalized spacial score (nSPS) is 11.9. The second-order valence-electron chi connectivity index (χ2n) is 9.04. The smallest absolute Gasteiger partial charge is 0.313 e. The number of amides is 1. The standard InChI is InChI=1S/C26H46N4O4S/c1-6-8-9-10-11-12-16-35-24-18-22(29-23(30-24)19-25(31)33-5)28-21(17-20(3)4)26(32)27-14-13-15-34-7-2/h18,20-21H,6-17,19H2,1-5H3,(H,27,32)(H,28,29,30)/t21-/m0/s1. The van der Waals surface area contributed by atoms with Crippen LogP contribution in [0, 0.1) is 5.92 Å². The summed E-state index contributed by atoms with van der Waals surface area (Å²) in [7, 11) is 1.35. The lowest BCUT2D eigenvalue weighted by Crippen LogP contribution is -2.41. The molecule has 0 aliphatic rings. The second-order valence-corrected chi connectivity index (χ2v) is 10.2. The van der Waals surface area contributed by atoms with Gasteiger partial charge in [-0.3, -0.25) is 9.59 Å². The van der Waals surface area contributed by atoms with Crippen LogP contribution in [0.5, 0.6) is 0 Å². The van der Waals surface area contributed by atoms with Crippen molar-refractivity contribution in [2.24, 2.45) is 5.92 Å². The van der Waals surface area contributed by atoms with Gasteiger partial charge in [0.05, 0.1) is 7.11 Å². The Bertz CT molecular complexity index is 733. The Morgan fingerprint density at radius 2 is 1.80 bits per heavy atom. The van der Waals surface area contributed by atoms with Crippen LogP contribution in [0.1, 0.15) is 84.9 Å². The van der Waals surface area contributed by atoms with E-state index in [4.69, 9.17) is 9.47 Å². The van der Waals surface area contributed by atoms with E-state index in [-0.39, 0.29) is 18.3 Å².